The topological polar surface area (TPSA) is 70.7 Å². The largest absolute Gasteiger partial charge is 0.497 e. The Morgan fingerprint density at radius 1 is 0.759 bits per heavy atom. The van der Waals surface area contributed by atoms with Crippen molar-refractivity contribution in [2.75, 3.05) is 36.7 Å². The van der Waals surface area contributed by atoms with Gasteiger partial charge < -0.3 is 20.3 Å². The van der Waals surface area contributed by atoms with Crippen LogP contribution in [-0.2, 0) is 0 Å². The average Bonchev–Trinajstić information content (AvgIpc) is 2.74. The van der Waals surface area contributed by atoms with Crippen molar-refractivity contribution in [1.82, 2.24) is 0 Å². The minimum absolute atomic E-state index is 0.279. The van der Waals surface area contributed by atoms with E-state index in [2.05, 4.69) is 10.6 Å². The third-order valence-corrected chi connectivity index (χ3v) is 4.36. The zero-order chi connectivity index (χ0) is 20.8. The summed E-state index contributed by atoms with van der Waals surface area (Å²) in [6, 6.07) is 21.2. The van der Waals surface area contributed by atoms with Crippen molar-refractivity contribution in [2.24, 2.45) is 0 Å². The van der Waals surface area contributed by atoms with Crippen LogP contribution in [-0.4, -0.2) is 33.0 Å². The second-order valence-electron chi connectivity index (χ2n) is 6.66. The molecule has 29 heavy (non-hydrogen) atoms. The zero-order valence-electron chi connectivity index (χ0n) is 16.6. The minimum atomic E-state index is -0.303. The Morgan fingerprint density at radius 3 is 1.93 bits per heavy atom. The lowest BCUT2D eigenvalue weighted by molar-refractivity contribution is 0.102. The number of nitrogens with zero attached hydrogens (tertiary/aromatic N) is 1. The van der Waals surface area contributed by atoms with Crippen molar-refractivity contribution in [3.05, 3.63) is 83.9 Å². The van der Waals surface area contributed by atoms with E-state index in [0.717, 1.165) is 5.69 Å². The second kappa shape index (κ2) is 8.93. The summed E-state index contributed by atoms with van der Waals surface area (Å²) in [7, 11) is 5.47. The molecule has 0 fully saturated rings. The van der Waals surface area contributed by atoms with Gasteiger partial charge in [0.05, 0.1) is 7.11 Å². The fourth-order valence-electron chi connectivity index (χ4n) is 2.75. The number of hydrogen-bond acceptors (Lipinski definition) is 4. The van der Waals surface area contributed by atoms with Gasteiger partial charge >= 0.3 is 0 Å². The van der Waals surface area contributed by atoms with Crippen LogP contribution >= 0.6 is 0 Å². The summed E-state index contributed by atoms with van der Waals surface area (Å²) in [6.07, 6.45) is 0. The predicted molar refractivity (Wildman–Crippen MR) is 116 cm³/mol. The molecule has 0 aliphatic carbocycles. The van der Waals surface area contributed by atoms with Crippen LogP contribution in [0.4, 0.5) is 17.1 Å². The van der Waals surface area contributed by atoms with Crippen LogP contribution in [0.25, 0.3) is 0 Å². The highest BCUT2D eigenvalue weighted by atomic mass is 16.5. The highest BCUT2D eigenvalue weighted by Crippen LogP contribution is 2.19. The van der Waals surface area contributed by atoms with Gasteiger partial charge in [-0.3, -0.25) is 9.59 Å². The van der Waals surface area contributed by atoms with E-state index in [1.165, 1.54) is 0 Å². The third kappa shape index (κ3) is 5.13. The number of benzene rings is 3. The predicted octanol–water partition coefficient (Wildman–Crippen LogP) is 4.27. The summed E-state index contributed by atoms with van der Waals surface area (Å²) in [5.74, 6) is 0.0677. The lowest BCUT2D eigenvalue weighted by Crippen LogP contribution is -2.15. The van der Waals surface area contributed by atoms with Gasteiger partial charge in [-0.1, -0.05) is 12.1 Å². The van der Waals surface area contributed by atoms with E-state index < -0.39 is 0 Å². The van der Waals surface area contributed by atoms with Gasteiger partial charge in [0, 0.05) is 48.4 Å². The highest BCUT2D eigenvalue weighted by Gasteiger charge is 2.12. The number of hydrogen-bond donors (Lipinski definition) is 2. The van der Waals surface area contributed by atoms with Gasteiger partial charge in [-0.25, -0.2) is 0 Å². The SMILES string of the molecule is COc1cccc(NC(=O)c2cccc(C(=O)Nc3ccc(N(C)C)cc3)c2)c1. The number of amides is 2. The van der Waals surface area contributed by atoms with Crippen LogP contribution in [0.5, 0.6) is 5.75 Å². The highest BCUT2D eigenvalue weighted by molar-refractivity contribution is 6.08. The Kier molecular flexibility index (Phi) is 6.14. The van der Waals surface area contributed by atoms with E-state index in [4.69, 9.17) is 4.74 Å². The van der Waals surface area contributed by atoms with Crippen molar-refractivity contribution in [1.29, 1.82) is 0 Å². The lowest BCUT2D eigenvalue weighted by Gasteiger charge is -2.13. The van der Waals surface area contributed by atoms with E-state index in [9.17, 15) is 9.59 Å². The summed E-state index contributed by atoms with van der Waals surface area (Å²) in [6.45, 7) is 0. The average molecular weight is 389 g/mol. The molecule has 0 bridgehead atoms. The molecule has 3 rings (SSSR count). The van der Waals surface area contributed by atoms with Gasteiger partial charge in [-0.05, 0) is 54.6 Å². The van der Waals surface area contributed by atoms with Crippen molar-refractivity contribution in [3.63, 3.8) is 0 Å². The number of carbonyl (C=O) groups excluding carboxylic acids is 2. The molecule has 2 N–H and O–H groups in total. The fraction of sp³-hybridized carbons (Fsp3) is 0.130. The Morgan fingerprint density at radius 2 is 1.34 bits per heavy atom. The Balaban J connectivity index is 1.70. The monoisotopic (exact) mass is 389 g/mol. The molecule has 3 aromatic rings. The third-order valence-electron chi connectivity index (χ3n) is 4.36. The first-order valence-corrected chi connectivity index (χ1v) is 9.10. The first kappa shape index (κ1) is 19.9. The smallest absolute Gasteiger partial charge is 0.255 e. The van der Waals surface area contributed by atoms with Gasteiger partial charge in [0.2, 0.25) is 0 Å². The molecule has 0 spiro atoms. The van der Waals surface area contributed by atoms with E-state index >= 15 is 0 Å². The van der Waals surface area contributed by atoms with Gasteiger partial charge in [-0.2, -0.15) is 0 Å². The molecular weight excluding hydrogens is 366 g/mol. The molecule has 0 saturated heterocycles. The number of anilines is 3. The Labute approximate surface area is 170 Å². The molecular formula is C23H23N3O3. The normalized spacial score (nSPS) is 10.2. The van der Waals surface area contributed by atoms with Crippen molar-refractivity contribution < 1.29 is 14.3 Å². The molecule has 0 aliphatic rings. The maximum Gasteiger partial charge on any atom is 0.255 e. The van der Waals surface area contributed by atoms with E-state index in [0.29, 0.717) is 28.3 Å². The number of rotatable bonds is 6. The number of nitrogens with one attached hydrogen (secondary N) is 2. The second-order valence-corrected chi connectivity index (χ2v) is 6.66. The van der Waals surface area contributed by atoms with Crippen LogP contribution < -0.4 is 20.3 Å². The van der Waals surface area contributed by atoms with Gasteiger partial charge in [0.25, 0.3) is 11.8 Å². The van der Waals surface area contributed by atoms with Gasteiger partial charge in [-0.15, -0.1) is 0 Å². The van der Waals surface area contributed by atoms with Gasteiger partial charge in [0.1, 0.15) is 5.75 Å². The molecule has 0 saturated carbocycles. The first-order valence-electron chi connectivity index (χ1n) is 9.10. The van der Waals surface area contributed by atoms with E-state index in [-0.39, 0.29) is 11.8 Å². The van der Waals surface area contributed by atoms with Crippen LogP contribution in [0.3, 0.4) is 0 Å². The molecule has 148 valence electrons. The van der Waals surface area contributed by atoms with Crippen LogP contribution in [0, 0.1) is 0 Å². The van der Waals surface area contributed by atoms with Crippen LogP contribution in [0.15, 0.2) is 72.8 Å². The van der Waals surface area contributed by atoms with Crippen molar-refractivity contribution >= 4 is 28.9 Å². The van der Waals surface area contributed by atoms with Crippen molar-refractivity contribution in [3.8, 4) is 5.75 Å². The fourth-order valence-corrected chi connectivity index (χ4v) is 2.75. The molecule has 0 aliphatic heterocycles. The molecule has 3 aromatic carbocycles. The lowest BCUT2D eigenvalue weighted by atomic mass is 10.1. The minimum Gasteiger partial charge on any atom is -0.497 e. The molecule has 0 atom stereocenters. The van der Waals surface area contributed by atoms with Crippen LogP contribution in [0.1, 0.15) is 20.7 Å². The maximum atomic E-state index is 12.6. The molecule has 0 aromatic heterocycles. The molecule has 0 unspecified atom stereocenters. The van der Waals surface area contributed by atoms with Gasteiger partial charge in [0.15, 0.2) is 0 Å². The van der Waals surface area contributed by atoms with Crippen molar-refractivity contribution in [2.45, 2.75) is 0 Å². The summed E-state index contributed by atoms with van der Waals surface area (Å²) < 4.78 is 5.16. The number of methoxy groups -OCH3 is 1. The molecule has 0 heterocycles. The summed E-state index contributed by atoms with van der Waals surface area (Å²) in [5.41, 5.74) is 3.14. The number of ether oxygens (including phenoxy) is 1. The molecule has 2 amide bonds. The number of carbonyl (C=O) groups is 2. The maximum absolute atomic E-state index is 12.6. The molecule has 6 heteroatoms. The molecule has 6 nitrogen and oxygen atoms in total. The zero-order valence-corrected chi connectivity index (χ0v) is 16.6. The van der Waals surface area contributed by atoms with E-state index in [1.54, 1.807) is 55.6 Å². The summed E-state index contributed by atoms with van der Waals surface area (Å²) >= 11 is 0. The summed E-state index contributed by atoms with van der Waals surface area (Å²) in [4.78, 5) is 27.1. The van der Waals surface area contributed by atoms with Crippen LogP contribution in [0.2, 0.25) is 0 Å². The summed E-state index contributed by atoms with van der Waals surface area (Å²) in [5, 5.41) is 5.66. The quantitative estimate of drug-likeness (QED) is 0.661. The standard InChI is InChI=1S/C23H23N3O3/c1-26(2)20-12-10-18(11-13-20)24-22(27)16-6-4-7-17(14-16)23(28)25-19-8-5-9-21(15-19)29-3/h4-15H,1-3H3,(H,24,27)(H,25,28). The van der Waals surface area contributed by atoms with E-state index in [1.807, 2.05) is 43.3 Å². The first-order chi connectivity index (χ1) is 14.0. The molecule has 0 radical (unpaired) electrons. The Bertz CT molecular complexity index is 1010. The Hall–Kier alpha value is -3.80.